The van der Waals surface area contributed by atoms with Gasteiger partial charge in [-0.05, 0) is 18.7 Å². The summed E-state index contributed by atoms with van der Waals surface area (Å²) in [5.41, 5.74) is 7.19. The van der Waals surface area contributed by atoms with Gasteiger partial charge in [-0.3, -0.25) is 0 Å². The molecule has 1 heterocycles. The Morgan fingerprint density at radius 1 is 1.56 bits per heavy atom. The van der Waals surface area contributed by atoms with Crippen LogP contribution in [0.2, 0.25) is 5.02 Å². The van der Waals surface area contributed by atoms with Crippen LogP contribution < -0.4 is 5.73 Å². The van der Waals surface area contributed by atoms with Crippen LogP contribution in [-0.2, 0) is 6.54 Å². The zero-order valence-corrected chi connectivity index (χ0v) is 11.9. The molecule has 0 spiro atoms. The molecule has 0 aliphatic carbocycles. The van der Waals surface area contributed by atoms with E-state index in [9.17, 15) is 4.39 Å². The number of aryl methyl sites for hydroxylation is 1. The van der Waals surface area contributed by atoms with Gasteiger partial charge in [-0.1, -0.05) is 18.5 Å². The molecule has 1 unspecified atom stereocenters. The molecule has 2 rings (SSSR count). The monoisotopic (exact) mass is 287 g/mol. The molecule has 2 aromatic rings. The fraction of sp³-hybridized carbons (Fsp3) is 0.417. The fourth-order valence-corrected chi connectivity index (χ4v) is 2.30. The van der Waals surface area contributed by atoms with Crippen LogP contribution in [0.25, 0.3) is 11.0 Å². The van der Waals surface area contributed by atoms with E-state index in [1.807, 2.05) is 4.57 Å². The molecule has 2 N–H and O–H groups in total. The lowest BCUT2D eigenvalue weighted by Gasteiger charge is -2.10. The van der Waals surface area contributed by atoms with Crippen molar-refractivity contribution in [2.75, 3.05) is 12.0 Å². The van der Waals surface area contributed by atoms with Crippen LogP contribution in [0.1, 0.15) is 13.3 Å². The number of nitrogen functional groups attached to an aromatic ring is 1. The minimum atomic E-state index is -0.466. The van der Waals surface area contributed by atoms with E-state index >= 15 is 0 Å². The molecule has 0 saturated heterocycles. The summed E-state index contributed by atoms with van der Waals surface area (Å²) in [5.74, 6) is -0.0636. The van der Waals surface area contributed by atoms with Crippen molar-refractivity contribution in [2.24, 2.45) is 0 Å². The highest BCUT2D eigenvalue weighted by Gasteiger charge is 2.12. The molecule has 0 aliphatic heterocycles. The molecule has 3 nitrogen and oxygen atoms in total. The highest BCUT2D eigenvalue weighted by molar-refractivity contribution is 7.99. The average molecular weight is 288 g/mol. The molecule has 1 aromatic carbocycles. The maximum Gasteiger partial charge on any atom is 0.201 e. The molecular weight excluding hydrogens is 273 g/mol. The number of nitrogens with two attached hydrogens (primary N) is 1. The van der Waals surface area contributed by atoms with Gasteiger partial charge in [-0.15, -0.1) is 0 Å². The van der Waals surface area contributed by atoms with Crippen LogP contribution in [0.4, 0.5) is 10.3 Å². The second-order valence-corrected chi connectivity index (χ2v) is 5.90. The predicted octanol–water partition coefficient (Wildman–Crippen LogP) is 3.55. The highest BCUT2D eigenvalue weighted by Crippen LogP contribution is 2.25. The Morgan fingerprint density at radius 2 is 2.28 bits per heavy atom. The number of hydrogen-bond donors (Lipinski definition) is 1. The second-order valence-electron chi connectivity index (χ2n) is 4.21. The van der Waals surface area contributed by atoms with E-state index in [4.69, 9.17) is 17.3 Å². The molecule has 0 bridgehead atoms. The molecule has 1 aromatic heterocycles. The summed E-state index contributed by atoms with van der Waals surface area (Å²) >= 11 is 7.60. The Hall–Kier alpha value is -0.940. The van der Waals surface area contributed by atoms with E-state index in [0.717, 1.165) is 18.5 Å². The maximum absolute atomic E-state index is 13.3. The summed E-state index contributed by atoms with van der Waals surface area (Å²) in [5, 5.41) is 0.638. The Morgan fingerprint density at radius 3 is 2.94 bits per heavy atom. The number of thioether (sulfide) groups is 1. The van der Waals surface area contributed by atoms with Crippen LogP contribution in [0, 0.1) is 5.82 Å². The molecule has 0 saturated carbocycles. The number of anilines is 1. The molecular formula is C12H15ClFN3S. The number of imidazole rings is 1. The van der Waals surface area contributed by atoms with Crippen LogP contribution in [0.3, 0.4) is 0 Å². The minimum absolute atomic E-state index is 0.0987. The highest BCUT2D eigenvalue weighted by atomic mass is 35.5. The number of nitrogens with zero attached hydrogens (tertiary/aromatic N) is 2. The topological polar surface area (TPSA) is 43.8 Å². The van der Waals surface area contributed by atoms with Crippen molar-refractivity contribution in [3.63, 3.8) is 0 Å². The van der Waals surface area contributed by atoms with Crippen molar-refractivity contribution in [3.8, 4) is 0 Å². The lowest BCUT2D eigenvalue weighted by atomic mass is 10.3. The molecule has 18 heavy (non-hydrogen) atoms. The number of fused-ring (bicyclic) bond motifs is 1. The lowest BCUT2D eigenvalue weighted by Crippen LogP contribution is -2.07. The Bertz CT molecular complexity index is 570. The van der Waals surface area contributed by atoms with Crippen LogP contribution in [-0.4, -0.2) is 21.1 Å². The number of rotatable bonds is 4. The van der Waals surface area contributed by atoms with Crippen molar-refractivity contribution < 1.29 is 4.39 Å². The SMILES string of the molecule is CSC(C)CCn1c(N)nc2cc(F)c(Cl)cc21. The summed E-state index contributed by atoms with van der Waals surface area (Å²) in [4.78, 5) is 4.15. The van der Waals surface area contributed by atoms with Gasteiger partial charge in [0.25, 0.3) is 0 Å². The van der Waals surface area contributed by atoms with Crippen molar-refractivity contribution >= 4 is 40.3 Å². The Labute approximate surface area is 115 Å². The van der Waals surface area contributed by atoms with E-state index in [0.29, 0.717) is 16.7 Å². The Balaban J connectivity index is 2.37. The number of aromatic nitrogens is 2. The maximum atomic E-state index is 13.3. The van der Waals surface area contributed by atoms with Gasteiger partial charge in [-0.2, -0.15) is 11.8 Å². The molecule has 6 heteroatoms. The van der Waals surface area contributed by atoms with E-state index in [2.05, 4.69) is 18.2 Å². The van der Waals surface area contributed by atoms with Crippen molar-refractivity contribution in [2.45, 2.75) is 25.1 Å². The molecule has 1 atom stereocenters. The molecule has 98 valence electrons. The van der Waals surface area contributed by atoms with Gasteiger partial charge < -0.3 is 10.3 Å². The number of benzene rings is 1. The smallest absolute Gasteiger partial charge is 0.201 e. The van der Waals surface area contributed by atoms with Crippen molar-refractivity contribution in [1.29, 1.82) is 0 Å². The molecule has 0 fully saturated rings. The van der Waals surface area contributed by atoms with Crippen molar-refractivity contribution in [1.82, 2.24) is 9.55 Å². The summed E-state index contributed by atoms with van der Waals surface area (Å²) < 4.78 is 15.2. The Kier molecular flexibility index (Phi) is 4.02. The largest absolute Gasteiger partial charge is 0.369 e. The van der Waals surface area contributed by atoms with Gasteiger partial charge >= 0.3 is 0 Å². The summed E-state index contributed by atoms with van der Waals surface area (Å²) in [6.07, 6.45) is 3.05. The first kappa shape index (κ1) is 13.5. The van der Waals surface area contributed by atoms with Crippen molar-refractivity contribution in [3.05, 3.63) is 23.0 Å². The van der Waals surface area contributed by atoms with E-state index in [-0.39, 0.29) is 5.02 Å². The van der Waals surface area contributed by atoms with Crippen LogP contribution in [0.5, 0.6) is 0 Å². The summed E-state index contributed by atoms with van der Waals surface area (Å²) in [6.45, 7) is 2.92. The van der Waals surface area contributed by atoms with Gasteiger partial charge in [0.15, 0.2) is 0 Å². The fourth-order valence-electron chi connectivity index (χ4n) is 1.80. The zero-order valence-electron chi connectivity index (χ0n) is 10.3. The van der Waals surface area contributed by atoms with Gasteiger partial charge in [0.05, 0.1) is 16.1 Å². The second kappa shape index (κ2) is 5.36. The normalized spacial score (nSPS) is 13.1. The predicted molar refractivity (Wildman–Crippen MR) is 76.7 cm³/mol. The van der Waals surface area contributed by atoms with E-state index in [1.54, 1.807) is 17.8 Å². The first-order chi connectivity index (χ1) is 8.52. The molecule has 0 aliphatic rings. The summed E-state index contributed by atoms with van der Waals surface area (Å²) in [6, 6.07) is 2.90. The zero-order chi connectivity index (χ0) is 13.3. The number of halogens is 2. The van der Waals surface area contributed by atoms with Gasteiger partial charge in [0, 0.05) is 17.9 Å². The van der Waals surface area contributed by atoms with Gasteiger partial charge in [0.2, 0.25) is 5.95 Å². The third kappa shape index (κ3) is 2.57. The minimum Gasteiger partial charge on any atom is -0.369 e. The van der Waals surface area contributed by atoms with Gasteiger partial charge in [-0.25, -0.2) is 9.37 Å². The number of hydrogen-bond acceptors (Lipinski definition) is 3. The third-order valence-electron chi connectivity index (χ3n) is 2.98. The van der Waals surface area contributed by atoms with E-state index < -0.39 is 5.82 Å². The molecule has 0 radical (unpaired) electrons. The molecule has 0 amide bonds. The first-order valence-electron chi connectivity index (χ1n) is 5.66. The first-order valence-corrected chi connectivity index (χ1v) is 7.33. The van der Waals surface area contributed by atoms with E-state index in [1.165, 1.54) is 6.07 Å². The summed E-state index contributed by atoms with van der Waals surface area (Å²) in [7, 11) is 0. The average Bonchev–Trinajstić information content (AvgIpc) is 2.62. The third-order valence-corrected chi connectivity index (χ3v) is 4.31. The van der Waals surface area contributed by atoms with Gasteiger partial charge in [0.1, 0.15) is 5.82 Å². The standard InChI is InChI=1S/C12H15ClFN3S/c1-7(18-2)3-4-17-11-5-8(13)9(14)6-10(11)16-12(17)15/h5-7H,3-4H2,1-2H3,(H2,15,16). The van der Waals surface area contributed by atoms with Crippen LogP contribution in [0.15, 0.2) is 12.1 Å². The van der Waals surface area contributed by atoms with Crippen LogP contribution >= 0.6 is 23.4 Å². The quantitative estimate of drug-likeness (QED) is 0.935. The lowest BCUT2D eigenvalue weighted by molar-refractivity contribution is 0.629.